The van der Waals surface area contributed by atoms with Gasteiger partial charge in [-0.2, -0.15) is 0 Å². The molecular formula is C19H16O3S. The minimum atomic E-state index is -3.31. The van der Waals surface area contributed by atoms with Crippen molar-refractivity contribution in [2.24, 2.45) is 0 Å². The summed E-state index contributed by atoms with van der Waals surface area (Å²) in [5.74, 6) is 0.0165. The molecule has 0 aliphatic carbocycles. The van der Waals surface area contributed by atoms with Crippen LogP contribution in [0.1, 0.15) is 17.2 Å². The molecule has 1 saturated heterocycles. The Morgan fingerprint density at radius 2 is 1.52 bits per heavy atom. The van der Waals surface area contributed by atoms with Gasteiger partial charge in [-0.25, -0.2) is 8.42 Å². The monoisotopic (exact) mass is 324 g/mol. The van der Waals surface area contributed by atoms with Crippen molar-refractivity contribution in [2.75, 3.05) is 0 Å². The number of hydrogen-bond acceptors (Lipinski definition) is 3. The molecule has 0 amide bonds. The van der Waals surface area contributed by atoms with Gasteiger partial charge >= 0.3 is 0 Å². The average molecular weight is 324 g/mol. The van der Waals surface area contributed by atoms with Crippen molar-refractivity contribution in [1.29, 1.82) is 0 Å². The van der Waals surface area contributed by atoms with E-state index in [1.54, 1.807) is 0 Å². The van der Waals surface area contributed by atoms with Gasteiger partial charge in [0.15, 0.2) is 15.3 Å². The molecule has 0 spiro atoms. The highest BCUT2D eigenvalue weighted by Crippen LogP contribution is 2.43. The predicted octanol–water partition coefficient (Wildman–Crippen LogP) is 3.85. The Bertz CT molecular complexity index is 949. The van der Waals surface area contributed by atoms with Crippen LogP contribution < -0.4 is 0 Å². The molecule has 3 aromatic rings. The first-order valence-electron chi connectivity index (χ1n) is 7.53. The normalized spacial score (nSPS) is 20.5. The zero-order valence-corrected chi connectivity index (χ0v) is 13.2. The Hall–Kier alpha value is -2.17. The maximum absolute atomic E-state index is 12.5. The second-order valence-electron chi connectivity index (χ2n) is 5.82. The molecule has 23 heavy (non-hydrogen) atoms. The van der Waals surface area contributed by atoms with Gasteiger partial charge in [0.2, 0.25) is 0 Å². The van der Waals surface area contributed by atoms with E-state index >= 15 is 0 Å². The summed E-state index contributed by atoms with van der Waals surface area (Å²) < 4.78 is 30.5. The van der Waals surface area contributed by atoms with Gasteiger partial charge in [0.25, 0.3) is 0 Å². The third-order valence-electron chi connectivity index (χ3n) is 4.12. The minimum absolute atomic E-state index is 0.0165. The highest BCUT2D eigenvalue weighted by Gasteiger charge is 2.49. The molecule has 3 nitrogen and oxygen atoms in total. The summed E-state index contributed by atoms with van der Waals surface area (Å²) in [6, 6.07) is 23.2. The smallest absolute Gasteiger partial charge is 0.190 e. The molecule has 0 saturated carbocycles. The Kier molecular flexibility index (Phi) is 3.43. The van der Waals surface area contributed by atoms with Crippen molar-refractivity contribution in [3.63, 3.8) is 0 Å². The van der Waals surface area contributed by atoms with Crippen molar-refractivity contribution in [3.8, 4) is 0 Å². The van der Waals surface area contributed by atoms with E-state index in [1.165, 1.54) is 0 Å². The number of ether oxygens (including phenoxy) is 1. The largest absolute Gasteiger partial charge is 0.347 e. The molecular weight excluding hydrogens is 308 g/mol. The Morgan fingerprint density at radius 1 is 0.826 bits per heavy atom. The first-order valence-corrected chi connectivity index (χ1v) is 9.25. The van der Waals surface area contributed by atoms with Crippen molar-refractivity contribution in [1.82, 2.24) is 0 Å². The summed E-state index contributed by atoms with van der Waals surface area (Å²) in [7, 11) is -3.31. The number of fused-ring (bicyclic) bond motifs is 1. The Morgan fingerprint density at radius 3 is 2.30 bits per heavy atom. The molecule has 1 fully saturated rings. The topological polar surface area (TPSA) is 46.7 Å². The molecule has 4 heteroatoms. The Balaban J connectivity index is 1.56. The third kappa shape index (κ3) is 2.87. The van der Waals surface area contributed by atoms with E-state index in [4.69, 9.17) is 4.74 Å². The van der Waals surface area contributed by atoms with Crippen LogP contribution in [-0.4, -0.2) is 13.9 Å². The lowest BCUT2D eigenvalue weighted by Gasteiger charge is -2.03. The first-order chi connectivity index (χ1) is 11.1. The summed E-state index contributed by atoms with van der Waals surface area (Å²) in [6.45, 7) is 0. The van der Waals surface area contributed by atoms with Crippen LogP contribution in [0, 0.1) is 0 Å². The van der Waals surface area contributed by atoms with Crippen LogP contribution in [0.4, 0.5) is 0 Å². The molecule has 0 bridgehead atoms. The van der Waals surface area contributed by atoms with E-state index in [2.05, 4.69) is 0 Å². The predicted molar refractivity (Wildman–Crippen MR) is 90.6 cm³/mol. The Labute approximate surface area is 135 Å². The second-order valence-corrected chi connectivity index (χ2v) is 7.90. The maximum Gasteiger partial charge on any atom is 0.190 e. The number of rotatable bonds is 4. The SMILES string of the molecule is O=S(=O)(Cc1ccccc1)[C@@H]1O[C@@H]1c1ccc2ccccc2c1. The van der Waals surface area contributed by atoms with Gasteiger partial charge in [0.1, 0.15) is 6.10 Å². The fraction of sp³-hybridized carbons (Fsp3) is 0.158. The van der Waals surface area contributed by atoms with Crippen LogP contribution in [0.15, 0.2) is 72.8 Å². The van der Waals surface area contributed by atoms with Crippen molar-refractivity contribution in [3.05, 3.63) is 83.9 Å². The summed E-state index contributed by atoms with van der Waals surface area (Å²) >= 11 is 0. The summed E-state index contributed by atoms with van der Waals surface area (Å²) in [5, 5.41) is 2.24. The molecule has 2 atom stereocenters. The van der Waals surface area contributed by atoms with Crippen LogP contribution in [0.5, 0.6) is 0 Å². The minimum Gasteiger partial charge on any atom is -0.347 e. The third-order valence-corrected chi connectivity index (χ3v) is 5.92. The van der Waals surface area contributed by atoms with Crippen molar-refractivity contribution >= 4 is 20.6 Å². The van der Waals surface area contributed by atoms with Crippen LogP contribution in [0.25, 0.3) is 10.8 Å². The van der Waals surface area contributed by atoms with E-state index in [0.29, 0.717) is 0 Å². The summed E-state index contributed by atoms with van der Waals surface area (Å²) in [5.41, 5.74) is 0.981. The van der Waals surface area contributed by atoms with E-state index in [0.717, 1.165) is 21.9 Å². The quantitative estimate of drug-likeness (QED) is 0.685. The second kappa shape index (κ2) is 5.48. The van der Waals surface area contributed by atoms with Gasteiger partial charge < -0.3 is 4.74 Å². The lowest BCUT2D eigenvalue weighted by atomic mass is 10.1. The van der Waals surface area contributed by atoms with Gasteiger partial charge in [-0.15, -0.1) is 0 Å². The summed E-state index contributed by atoms with van der Waals surface area (Å²) in [4.78, 5) is 0. The molecule has 1 aliphatic rings. The highest BCUT2D eigenvalue weighted by atomic mass is 32.2. The van der Waals surface area contributed by atoms with E-state index < -0.39 is 15.3 Å². The maximum atomic E-state index is 12.5. The number of epoxide rings is 1. The van der Waals surface area contributed by atoms with Crippen LogP contribution in [-0.2, 0) is 20.3 Å². The number of hydrogen-bond donors (Lipinski definition) is 0. The van der Waals surface area contributed by atoms with Crippen LogP contribution in [0.3, 0.4) is 0 Å². The number of sulfone groups is 1. The molecule has 4 rings (SSSR count). The van der Waals surface area contributed by atoms with E-state index in [1.807, 2.05) is 72.8 Å². The van der Waals surface area contributed by atoms with Gasteiger partial charge in [-0.3, -0.25) is 0 Å². The molecule has 0 unspecified atom stereocenters. The van der Waals surface area contributed by atoms with Gasteiger partial charge in [-0.1, -0.05) is 66.7 Å². The zero-order valence-electron chi connectivity index (χ0n) is 12.4. The molecule has 0 N–H and O–H groups in total. The van der Waals surface area contributed by atoms with Gasteiger partial charge in [-0.05, 0) is 28.0 Å². The molecule has 116 valence electrons. The average Bonchev–Trinajstić information content (AvgIpc) is 3.36. The van der Waals surface area contributed by atoms with Crippen molar-refractivity contribution in [2.45, 2.75) is 17.3 Å². The number of benzene rings is 3. The molecule has 1 aliphatic heterocycles. The summed E-state index contributed by atoms with van der Waals surface area (Å²) in [6.07, 6.45) is -0.353. The molecule has 1 heterocycles. The standard InChI is InChI=1S/C19H16O3S/c20-23(21,13-14-6-2-1-3-7-14)19-18(22-19)17-11-10-15-8-4-5-9-16(15)12-17/h1-12,18-19H,13H2/t18-,19+/m1/s1. The zero-order chi connectivity index (χ0) is 15.9. The highest BCUT2D eigenvalue weighted by molar-refractivity contribution is 7.91. The van der Waals surface area contributed by atoms with Gasteiger partial charge in [0, 0.05) is 0 Å². The lowest BCUT2D eigenvalue weighted by molar-refractivity contribution is 0.399. The van der Waals surface area contributed by atoms with Gasteiger partial charge in [0.05, 0.1) is 5.75 Å². The molecule has 3 aromatic carbocycles. The lowest BCUT2D eigenvalue weighted by Crippen LogP contribution is -2.11. The van der Waals surface area contributed by atoms with Crippen LogP contribution in [0.2, 0.25) is 0 Å². The molecule has 0 radical (unpaired) electrons. The first kappa shape index (κ1) is 14.4. The fourth-order valence-corrected chi connectivity index (χ4v) is 4.53. The van der Waals surface area contributed by atoms with E-state index in [9.17, 15) is 8.42 Å². The molecule has 0 aromatic heterocycles. The van der Waals surface area contributed by atoms with Crippen molar-refractivity contribution < 1.29 is 13.2 Å². The fourth-order valence-electron chi connectivity index (χ4n) is 2.88. The van der Waals surface area contributed by atoms with Crippen LogP contribution >= 0.6 is 0 Å². The van der Waals surface area contributed by atoms with E-state index in [-0.39, 0.29) is 11.9 Å².